The van der Waals surface area contributed by atoms with Crippen molar-refractivity contribution < 1.29 is 24.0 Å². The SMILES string of the molecule is CN(c1ccc(C#N)c(Cl)c1)C1CCC(NC(=O)c2ccc(N3CCC(CN4Cc5cc6c(cc5C4)C(=O)N(C4CCC(=O)NC4=O)C6=O)CC3)cc2)CC1. The van der Waals surface area contributed by atoms with Crippen molar-refractivity contribution in [1.29, 1.82) is 5.26 Å². The maximum Gasteiger partial charge on any atom is 0.262 e. The Morgan fingerprint density at radius 2 is 1.55 bits per heavy atom. The predicted octanol–water partition coefficient (Wildman–Crippen LogP) is 5.02. The molecule has 0 bridgehead atoms. The van der Waals surface area contributed by atoms with Gasteiger partial charge in [0.25, 0.3) is 17.7 Å². The van der Waals surface area contributed by atoms with Crippen LogP contribution in [0.2, 0.25) is 5.02 Å². The molecule has 2 saturated heterocycles. The highest BCUT2D eigenvalue weighted by molar-refractivity contribution is 6.32. The highest BCUT2D eigenvalue weighted by atomic mass is 35.5. The minimum absolute atomic E-state index is 0.0434. The van der Waals surface area contributed by atoms with Crippen molar-refractivity contribution in [2.75, 3.05) is 36.5 Å². The highest BCUT2D eigenvalue weighted by Crippen LogP contribution is 2.35. The third kappa shape index (κ3) is 7.31. The minimum Gasteiger partial charge on any atom is -0.372 e. The Balaban J connectivity index is 0.784. The van der Waals surface area contributed by atoms with Crippen LogP contribution < -0.4 is 20.4 Å². The molecule has 12 nitrogen and oxygen atoms in total. The first-order valence-corrected chi connectivity index (χ1v) is 19.6. The standard InChI is InChI=1S/C42H44ClN7O5/c1-47(33-9-4-27(21-44)36(43)20-33)31-10-5-30(6-11-31)45-39(52)26-2-7-32(8-3-26)49-16-14-25(15-17-49)22-48-23-28-18-34-35(19-29(28)24-48)42(55)50(41(34)54)37-12-13-38(51)46-40(37)53/h2-4,7-9,18-20,25,30-31,37H,5-6,10-17,22-24H2,1H3,(H,45,52)(H,46,51,53). The van der Waals surface area contributed by atoms with Gasteiger partial charge in [0, 0.05) is 75.2 Å². The van der Waals surface area contributed by atoms with Gasteiger partial charge in [-0.05, 0) is 117 Å². The van der Waals surface area contributed by atoms with Gasteiger partial charge in [-0.25, -0.2) is 0 Å². The van der Waals surface area contributed by atoms with E-state index in [9.17, 15) is 29.2 Å². The molecule has 3 fully saturated rings. The number of imide groups is 2. The largest absolute Gasteiger partial charge is 0.372 e. The number of amides is 5. The summed E-state index contributed by atoms with van der Waals surface area (Å²) in [7, 11) is 2.06. The van der Waals surface area contributed by atoms with Crippen molar-refractivity contribution in [3.05, 3.63) is 93.0 Å². The molecule has 5 amide bonds. The first-order valence-electron chi connectivity index (χ1n) is 19.2. The summed E-state index contributed by atoms with van der Waals surface area (Å²) in [5.41, 5.74) is 6.00. The third-order valence-electron chi connectivity index (χ3n) is 12.2. The van der Waals surface area contributed by atoms with E-state index in [0.717, 1.165) is 85.6 Å². The summed E-state index contributed by atoms with van der Waals surface area (Å²) in [6, 6.07) is 18.7. The molecule has 4 heterocycles. The fourth-order valence-electron chi connectivity index (χ4n) is 9.03. The Morgan fingerprint density at radius 3 is 2.15 bits per heavy atom. The van der Waals surface area contributed by atoms with Gasteiger partial charge < -0.3 is 15.1 Å². The monoisotopic (exact) mass is 761 g/mol. The second-order valence-corrected chi connectivity index (χ2v) is 16.0. The zero-order chi connectivity index (χ0) is 38.4. The summed E-state index contributed by atoms with van der Waals surface area (Å²) in [4.78, 5) is 71.8. The van der Waals surface area contributed by atoms with Gasteiger partial charge in [0.1, 0.15) is 12.1 Å². The van der Waals surface area contributed by atoms with E-state index in [2.05, 4.69) is 38.5 Å². The van der Waals surface area contributed by atoms with E-state index in [4.69, 9.17) is 11.6 Å². The number of carbonyl (C=O) groups excluding carboxylic acids is 5. The van der Waals surface area contributed by atoms with Gasteiger partial charge in [-0.2, -0.15) is 5.26 Å². The lowest BCUT2D eigenvalue weighted by atomic mass is 9.90. The molecule has 13 heteroatoms. The normalized spacial score (nSPS) is 23.0. The number of piperidine rings is 2. The smallest absolute Gasteiger partial charge is 0.262 e. The van der Waals surface area contributed by atoms with Gasteiger partial charge in [0.15, 0.2) is 0 Å². The Bertz CT molecular complexity index is 2050. The number of nitriles is 1. The second-order valence-electron chi connectivity index (χ2n) is 15.6. The molecule has 1 saturated carbocycles. The zero-order valence-electron chi connectivity index (χ0n) is 30.9. The van der Waals surface area contributed by atoms with E-state index in [1.165, 1.54) is 0 Å². The number of carbonyl (C=O) groups is 5. The molecule has 3 aromatic rings. The molecular formula is C42H44ClN7O5. The molecule has 284 valence electrons. The van der Waals surface area contributed by atoms with Crippen LogP contribution in [0.15, 0.2) is 54.6 Å². The van der Waals surface area contributed by atoms with Gasteiger partial charge >= 0.3 is 0 Å². The topological polar surface area (TPSA) is 146 Å². The molecule has 3 aromatic carbocycles. The average molecular weight is 762 g/mol. The van der Waals surface area contributed by atoms with E-state index in [0.29, 0.717) is 52.3 Å². The molecule has 8 rings (SSSR count). The molecule has 1 atom stereocenters. The number of halogens is 1. The number of nitrogens with zero attached hydrogens (tertiary/aromatic N) is 5. The highest BCUT2D eigenvalue weighted by Gasteiger charge is 2.45. The van der Waals surface area contributed by atoms with Gasteiger partial charge in [0.05, 0.1) is 21.7 Å². The molecule has 4 aliphatic heterocycles. The van der Waals surface area contributed by atoms with Gasteiger partial charge in [-0.3, -0.25) is 39.1 Å². The summed E-state index contributed by atoms with van der Waals surface area (Å²) in [6.45, 7) is 4.20. The van der Waals surface area contributed by atoms with E-state index in [-0.39, 0.29) is 30.7 Å². The minimum atomic E-state index is -0.960. The molecule has 1 aliphatic carbocycles. The summed E-state index contributed by atoms with van der Waals surface area (Å²) in [5.74, 6) is -1.44. The summed E-state index contributed by atoms with van der Waals surface area (Å²) in [6.07, 6.45) is 6.03. The van der Waals surface area contributed by atoms with E-state index < -0.39 is 23.8 Å². The molecule has 0 spiro atoms. The van der Waals surface area contributed by atoms with Crippen LogP contribution in [-0.2, 0) is 22.7 Å². The quantitative estimate of drug-likeness (QED) is 0.302. The van der Waals surface area contributed by atoms with Gasteiger partial charge in [0.2, 0.25) is 11.8 Å². The van der Waals surface area contributed by atoms with Crippen LogP contribution in [0.5, 0.6) is 0 Å². The Kier molecular flexibility index (Phi) is 10.1. The van der Waals surface area contributed by atoms with Crippen molar-refractivity contribution in [3.63, 3.8) is 0 Å². The van der Waals surface area contributed by atoms with Crippen LogP contribution in [0.3, 0.4) is 0 Å². The van der Waals surface area contributed by atoms with Crippen molar-refractivity contribution in [1.82, 2.24) is 20.4 Å². The molecule has 2 N–H and O–H groups in total. The van der Waals surface area contributed by atoms with Crippen LogP contribution in [-0.4, -0.2) is 84.1 Å². The van der Waals surface area contributed by atoms with E-state index in [1.807, 2.05) is 48.5 Å². The lowest BCUT2D eigenvalue weighted by Gasteiger charge is -2.36. The van der Waals surface area contributed by atoms with Crippen LogP contribution in [0, 0.1) is 17.2 Å². The Morgan fingerprint density at radius 1 is 0.891 bits per heavy atom. The van der Waals surface area contributed by atoms with Crippen LogP contribution in [0.1, 0.15) is 99.1 Å². The summed E-state index contributed by atoms with van der Waals surface area (Å²) < 4.78 is 0. The average Bonchev–Trinajstić information content (AvgIpc) is 3.69. The number of nitrogens with one attached hydrogen (secondary N) is 2. The van der Waals surface area contributed by atoms with Crippen molar-refractivity contribution in [2.24, 2.45) is 5.92 Å². The number of anilines is 2. The third-order valence-corrected chi connectivity index (χ3v) is 12.5. The number of hydrogen-bond acceptors (Lipinski definition) is 9. The molecule has 5 aliphatic rings. The maximum atomic E-state index is 13.3. The molecular weight excluding hydrogens is 718 g/mol. The number of hydrogen-bond donors (Lipinski definition) is 2. The van der Waals surface area contributed by atoms with Crippen molar-refractivity contribution >= 4 is 52.5 Å². The number of benzene rings is 3. The van der Waals surface area contributed by atoms with Crippen molar-refractivity contribution in [3.8, 4) is 6.07 Å². The Labute approximate surface area is 325 Å². The molecule has 55 heavy (non-hydrogen) atoms. The lowest BCUT2D eigenvalue weighted by molar-refractivity contribution is -0.136. The zero-order valence-corrected chi connectivity index (χ0v) is 31.6. The van der Waals surface area contributed by atoms with Crippen LogP contribution in [0.4, 0.5) is 11.4 Å². The fourth-order valence-corrected chi connectivity index (χ4v) is 9.25. The van der Waals surface area contributed by atoms with E-state index in [1.54, 1.807) is 6.07 Å². The molecule has 1 unspecified atom stereocenters. The van der Waals surface area contributed by atoms with Gasteiger partial charge in [-0.15, -0.1) is 0 Å². The number of rotatable bonds is 8. The lowest BCUT2D eigenvalue weighted by Crippen LogP contribution is -2.54. The number of fused-ring (bicyclic) bond motifs is 2. The Hall–Kier alpha value is -5.25. The first kappa shape index (κ1) is 36.7. The fraction of sp³-hybridized carbons (Fsp3) is 0.429. The van der Waals surface area contributed by atoms with Gasteiger partial charge in [-0.1, -0.05) is 11.6 Å². The van der Waals surface area contributed by atoms with Crippen LogP contribution >= 0.6 is 11.6 Å². The molecule has 0 aromatic heterocycles. The molecule has 0 radical (unpaired) electrons. The summed E-state index contributed by atoms with van der Waals surface area (Å²) in [5, 5.41) is 15.1. The maximum absolute atomic E-state index is 13.3. The predicted molar refractivity (Wildman–Crippen MR) is 207 cm³/mol. The first-order chi connectivity index (χ1) is 26.6. The summed E-state index contributed by atoms with van der Waals surface area (Å²) >= 11 is 6.27. The van der Waals surface area contributed by atoms with Crippen molar-refractivity contribution in [2.45, 2.75) is 82.6 Å². The second kappa shape index (κ2) is 15.1. The van der Waals surface area contributed by atoms with E-state index >= 15 is 0 Å². The van der Waals surface area contributed by atoms with Crippen LogP contribution in [0.25, 0.3) is 0 Å².